The van der Waals surface area contributed by atoms with Gasteiger partial charge in [-0.3, -0.25) is 0 Å². The van der Waals surface area contributed by atoms with Crippen molar-refractivity contribution in [3.8, 4) is 0 Å². The smallest absolute Gasteiger partial charge is 0.319 e. The summed E-state index contributed by atoms with van der Waals surface area (Å²) in [5.74, 6) is 2.61. The summed E-state index contributed by atoms with van der Waals surface area (Å²) in [5, 5.41) is 1.30. The molecule has 0 spiro atoms. The molecule has 0 atom stereocenters. The van der Waals surface area contributed by atoms with E-state index in [0.29, 0.717) is 5.92 Å². The minimum absolute atomic E-state index is 0.0994. The number of rotatable bonds is 3. The van der Waals surface area contributed by atoms with E-state index in [4.69, 9.17) is 9.97 Å². The number of aromatic nitrogens is 2. The van der Waals surface area contributed by atoms with Crippen LogP contribution in [0.1, 0.15) is 49.4 Å². The second-order valence-corrected chi connectivity index (χ2v) is 10.0. The van der Waals surface area contributed by atoms with E-state index in [9.17, 15) is 4.79 Å². The van der Waals surface area contributed by atoms with Crippen molar-refractivity contribution in [2.45, 2.75) is 52.4 Å². The van der Waals surface area contributed by atoms with Crippen LogP contribution in [0.2, 0.25) is 0 Å². The van der Waals surface area contributed by atoms with E-state index in [1.807, 2.05) is 30.3 Å². The zero-order chi connectivity index (χ0) is 20.5. The molecule has 158 valence electrons. The number of anilines is 1. The molecule has 0 unspecified atom stereocenters. The Bertz CT molecular complexity index is 883. The van der Waals surface area contributed by atoms with Crippen LogP contribution in [-0.4, -0.2) is 66.1 Å². The van der Waals surface area contributed by atoms with Crippen molar-refractivity contribution in [2.75, 3.05) is 45.2 Å². The van der Waals surface area contributed by atoms with Gasteiger partial charge in [0.1, 0.15) is 16.5 Å². The second-order valence-electron chi connectivity index (χ2n) is 8.96. The number of carbonyl (C=O) groups is 1. The summed E-state index contributed by atoms with van der Waals surface area (Å²) in [6.07, 6.45) is 7.10. The Morgan fingerprint density at radius 3 is 2.48 bits per heavy atom. The molecular formula is C22H33N5OS. The number of nitrogens with zero attached hydrogens (tertiary/aromatic N) is 5. The summed E-state index contributed by atoms with van der Waals surface area (Å²) >= 11 is 1.89. The molecule has 2 aliphatic rings. The molecule has 3 heterocycles. The zero-order valence-corrected chi connectivity index (χ0v) is 19.0. The lowest BCUT2D eigenvalue weighted by molar-refractivity contribution is 0.168. The molecule has 4 rings (SSSR count). The summed E-state index contributed by atoms with van der Waals surface area (Å²) in [6.45, 7) is 7.60. The van der Waals surface area contributed by atoms with E-state index >= 15 is 0 Å². The van der Waals surface area contributed by atoms with Crippen LogP contribution in [0.5, 0.6) is 0 Å². The number of aryl methyl sites for hydroxylation is 2. The highest BCUT2D eigenvalue weighted by molar-refractivity contribution is 7.19. The number of hydrogen-bond acceptors (Lipinski definition) is 5. The molecule has 1 aliphatic heterocycles. The lowest BCUT2D eigenvalue weighted by Gasteiger charge is -2.37. The van der Waals surface area contributed by atoms with Gasteiger partial charge in [0.05, 0.1) is 5.39 Å². The summed E-state index contributed by atoms with van der Waals surface area (Å²) < 4.78 is 0. The van der Waals surface area contributed by atoms with Crippen LogP contribution in [0.15, 0.2) is 0 Å². The van der Waals surface area contributed by atoms with Gasteiger partial charge in [0, 0.05) is 51.6 Å². The number of hydrogen-bond donors (Lipinski definition) is 0. The van der Waals surface area contributed by atoms with Crippen LogP contribution in [0.25, 0.3) is 10.2 Å². The molecule has 7 heteroatoms. The third-order valence-electron chi connectivity index (χ3n) is 5.92. The van der Waals surface area contributed by atoms with Crippen LogP contribution in [0, 0.1) is 5.92 Å². The Morgan fingerprint density at radius 2 is 1.79 bits per heavy atom. The van der Waals surface area contributed by atoms with E-state index in [-0.39, 0.29) is 6.03 Å². The summed E-state index contributed by atoms with van der Waals surface area (Å²) in [5.41, 5.74) is 1.50. The highest BCUT2D eigenvalue weighted by Gasteiger charge is 2.27. The van der Waals surface area contributed by atoms with Gasteiger partial charge in [0.2, 0.25) is 0 Å². The van der Waals surface area contributed by atoms with Crippen LogP contribution < -0.4 is 4.90 Å². The molecule has 1 aliphatic carbocycles. The summed E-state index contributed by atoms with van der Waals surface area (Å²) in [6, 6.07) is 0.0994. The highest BCUT2D eigenvalue weighted by atomic mass is 32.1. The first-order valence-electron chi connectivity index (χ1n) is 11.0. The van der Waals surface area contributed by atoms with E-state index in [1.165, 1.54) is 46.3 Å². The topological polar surface area (TPSA) is 52.6 Å². The molecule has 2 aromatic rings. The van der Waals surface area contributed by atoms with Crippen molar-refractivity contribution in [1.29, 1.82) is 0 Å². The van der Waals surface area contributed by atoms with Crippen molar-refractivity contribution in [2.24, 2.45) is 5.92 Å². The molecule has 29 heavy (non-hydrogen) atoms. The number of urea groups is 1. The number of carbonyl (C=O) groups excluding carboxylic acids is 1. The average molecular weight is 416 g/mol. The van der Waals surface area contributed by atoms with Crippen molar-refractivity contribution in [3.05, 3.63) is 16.3 Å². The normalized spacial score (nSPS) is 17.6. The van der Waals surface area contributed by atoms with E-state index in [2.05, 4.69) is 18.7 Å². The fraction of sp³-hybridized carbons (Fsp3) is 0.682. The van der Waals surface area contributed by atoms with Gasteiger partial charge in [-0.1, -0.05) is 20.3 Å². The molecule has 0 bridgehead atoms. The largest absolute Gasteiger partial charge is 0.352 e. The third kappa shape index (κ3) is 4.20. The van der Waals surface area contributed by atoms with Gasteiger partial charge in [-0.05, 0) is 37.2 Å². The summed E-state index contributed by atoms with van der Waals surface area (Å²) in [7, 11) is 3.64. The number of piperazine rings is 1. The van der Waals surface area contributed by atoms with Gasteiger partial charge in [-0.25, -0.2) is 14.8 Å². The molecule has 1 saturated heterocycles. The highest BCUT2D eigenvalue weighted by Crippen LogP contribution is 2.39. The third-order valence-corrected chi connectivity index (χ3v) is 7.10. The van der Waals surface area contributed by atoms with Gasteiger partial charge in [-0.15, -0.1) is 11.3 Å². The lowest BCUT2D eigenvalue weighted by atomic mass is 10.1. The fourth-order valence-electron chi connectivity index (χ4n) is 4.44. The van der Waals surface area contributed by atoms with Crippen LogP contribution >= 0.6 is 11.3 Å². The standard InChI is InChI=1S/C22H33N5OS/c1-15(2)14-18-23-20(26-10-12-27(13-11-26)22(28)25(3)4)19-16-8-6-5-7-9-17(16)29-21(19)24-18/h15H,5-14H2,1-4H3. The van der Waals surface area contributed by atoms with Gasteiger partial charge >= 0.3 is 6.03 Å². The minimum Gasteiger partial charge on any atom is -0.352 e. The Balaban J connectivity index is 1.70. The quantitative estimate of drug-likeness (QED) is 0.712. The maximum atomic E-state index is 12.3. The fourth-order valence-corrected chi connectivity index (χ4v) is 5.71. The summed E-state index contributed by atoms with van der Waals surface area (Å²) in [4.78, 5) is 31.1. The monoisotopic (exact) mass is 415 g/mol. The Hall–Kier alpha value is -1.89. The lowest BCUT2D eigenvalue weighted by Crippen LogP contribution is -2.51. The van der Waals surface area contributed by atoms with Crippen molar-refractivity contribution in [3.63, 3.8) is 0 Å². The Morgan fingerprint density at radius 1 is 1.07 bits per heavy atom. The van der Waals surface area contributed by atoms with E-state index in [1.54, 1.807) is 4.90 Å². The molecule has 1 fully saturated rings. The van der Waals surface area contributed by atoms with Gasteiger partial charge in [-0.2, -0.15) is 0 Å². The predicted molar refractivity (Wildman–Crippen MR) is 120 cm³/mol. The van der Waals surface area contributed by atoms with Gasteiger partial charge in [0.25, 0.3) is 0 Å². The van der Waals surface area contributed by atoms with Crippen LogP contribution in [0.3, 0.4) is 0 Å². The van der Waals surface area contributed by atoms with Crippen molar-refractivity contribution < 1.29 is 4.79 Å². The number of fused-ring (bicyclic) bond motifs is 3. The van der Waals surface area contributed by atoms with E-state index < -0.39 is 0 Å². The molecule has 2 aromatic heterocycles. The molecule has 0 N–H and O–H groups in total. The van der Waals surface area contributed by atoms with Crippen molar-refractivity contribution in [1.82, 2.24) is 19.8 Å². The maximum Gasteiger partial charge on any atom is 0.319 e. The molecular weight excluding hydrogens is 382 g/mol. The predicted octanol–water partition coefficient (Wildman–Crippen LogP) is 3.96. The first kappa shape index (κ1) is 20.4. The Labute approximate surface area is 177 Å². The molecule has 2 amide bonds. The number of amides is 2. The van der Waals surface area contributed by atoms with Crippen molar-refractivity contribution >= 4 is 33.4 Å². The SMILES string of the molecule is CC(C)Cc1nc(N2CCN(C(=O)N(C)C)CC2)c2c3c(sc2n1)CCCCC3. The van der Waals surface area contributed by atoms with Gasteiger partial charge in [0.15, 0.2) is 0 Å². The molecule has 0 saturated carbocycles. The minimum atomic E-state index is 0.0994. The first-order chi connectivity index (χ1) is 13.9. The van der Waals surface area contributed by atoms with Crippen LogP contribution in [0.4, 0.5) is 10.6 Å². The Kier molecular flexibility index (Phi) is 5.95. The zero-order valence-electron chi connectivity index (χ0n) is 18.2. The first-order valence-corrected chi connectivity index (χ1v) is 11.8. The molecule has 6 nitrogen and oxygen atoms in total. The maximum absolute atomic E-state index is 12.3. The van der Waals surface area contributed by atoms with E-state index in [0.717, 1.165) is 50.7 Å². The molecule has 0 radical (unpaired) electrons. The van der Waals surface area contributed by atoms with Crippen LogP contribution in [-0.2, 0) is 19.3 Å². The average Bonchev–Trinajstić information content (AvgIpc) is 2.87. The molecule has 0 aromatic carbocycles. The van der Waals surface area contributed by atoms with Gasteiger partial charge < -0.3 is 14.7 Å². The second kappa shape index (κ2) is 8.46. The number of thiophene rings is 1.